The number of aromatic nitrogens is 1. The second-order valence-corrected chi connectivity index (χ2v) is 5.76. The van der Waals surface area contributed by atoms with Crippen LogP contribution < -0.4 is 5.32 Å². The Morgan fingerprint density at radius 1 is 1.56 bits per heavy atom. The summed E-state index contributed by atoms with van der Waals surface area (Å²) in [7, 11) is 0. The molecule has 2 unspecified atom stereocenters. The van der Waals surface area contributed by atoms with Crippen LogP contribution in [0.3, 0.4) is 0 Å². The third kappa shape index (κ3) is 2.96. The Morgan fingerprint density at radius 3 is 3.00 bits per heavy atom. The number of pyridine rings is 1. The lowest BCUT2D eigenvalue weighted by molar-refractivity contribution is 0.108. The highest BCUT2D eigenvalue weighted by molar-refractivity contribution is 9.11. The molecular formula is C11H14Br2N2O. The summed E-state index contributed by atoms with van der Waals surface area (Å²) in [6, 6.07) is 1.99. The van der Waals surface area contributed by atoms with Crippen LogP contribution in [0.15, 0.2) is 21.2 Å². The summed E-state index contributed by atoms with van der Waals surface area (Å²) in [5, 5.41) is 3.35. The molecule has 5 heteroatoms. The lowest BCUT2D eigenvalue weighted by atomic mass is 10.0. The summed E-state index contributed by atoms with van der Waals surface area (Å²) < 4.78 is 7.48. The van der Waals surface area contributed by atoms with Gasteiger partial charge in [0.2, 0.25) is 0 Å². The highest BCUT2D eigenvalue weighted by Gasteiger charge is 2.23. The highest BCUT2D eigenvalue weighted by atomic mass is 79.9. The first-order chi connectivity index (χ1) is 7.66. The molecule has 0 saturated carbocycles. The topological polar surface area (TPSA) is 34.1 Å². The van der Waals surface area contributed by atoms with E-state index in [1.54, 1.807) is 6.20 Å². The Balaban J connectivity index is 1.94. The molecule has 88 valence electrons. The molecule has 1 fully saturated rings. The van der Waals surface area contributed by atoms with Gasteiger partial charge in [-0.1, -0.05) is 0 Å². The Morgan fingerprint density at radius 2 is 2.38 bits per heavy atom. The van der Waals surface area contributed by atoms with E-state index in [1.165, 1.54) is 0 Å². The van der Waals surface area contributed by atoms with Crippen molar-refractivity contribution in [2.24, 2.45) is 5.92 Å². The van der Waals surface area contributed by atoms with Crippen LogP contribution in [0.25, 0.3) is 0 Å². The average molecular weight is 350 g/mol. The van der Waals surface area contributed by atoms with Gasteiger partial charge in [-0.2, -0.15) is 0 Å². The van der Waals surface area contributed by atoms with Crippen LogP contribution in [0.4, 0.5) is 5.82 Å². The summed E-state index contributed by atoms with van der Waals surface area (Å²) in [5.41, 5.74) is 0. The van der Waals surface area contributed by atoms with Gasteiger partial charge in [-0.25, -0.2) is 4.98 Å². The van der Waals surface area contributed by atoms with E-state index in [4.69, 9.17) is 4.74 Å². The van der Waals surface area contributed by atoms with Gasteiger partial charge in [-0.3, -0.25) is 0 Å². The largest absolute Gasteiger partial charge is 0.378 e. The minimum absolute atomic E-state index is 0.349. The van der Waals surface area contributed by atoms with Crippen molar-refractivity contribution in [3.8, 4) is 0 Å². The van der Waals surface area contributed by atoms with Gasteiger partial charge in [0.05, 0.1) is 10.6 Å². The van der Waals surface area contributed by atoms with Gasteiger partial charge in [-0.05, 0) is 51.3 Å². The maximum Gasteiger partial charge on any atom is 0.140 e. The Kier molecular flexibility index (Phi) is 4.21. The van der Waals surface area contributed by atoms with Crippen molar-refractivity contribution in [3.05, 3.63) is 21.2 Å². The summed E-state index contributed by atoms with van der Waals surface area (Å²) in [6.45, 7) is 3.92. The third-order valence-electron chi connectivity index (χ3n) is 2.87. The molecule has 2 atom stereocenters. The summed E-state index contributed by atoms with van der Waals surface area (Å²) in [4.78, 5) is 4.32. The van der Waals surface area contributed by atoms with Gasteiger partial charge in [0.15, 0.2) is 0 Å². The van der Waals surface area contributed by atoms with Crippen LogP contribution in [-0.4, -0.2) is 24.2 Å². The SMILES string of the molecule is CC1OCCC1CNc1ncc(Br)cc1Br. The minimum Gasteiger partial charge on any atom is -0.378 e. The number of hydrogen-bond acceptors (Lipinski definition) is 3. The van der Waals surface area contributed by atoms with E-state index >= 15 is 0 Å². The van der Waals surface area contributed by atoms with Crippen molar-refractivity contribution in [1.29, 1.82) is 0 Å². The van der Waals surface area contributed by atoms with Crippen molar-refractivity contribution in [2.45, 2.75) is 19.4 Å². The van der Waals surface area contributed by atoms with Gasteiger partial charge < -0.3 is 10.1 Å². The number of halogens is 2. The molecule has 0 bridgehead atoms. The molecule has 1 saturated heterocycles. The number of hydrogen-bond donors (Lipinski definition) is 1. The van der Waals surface area contributed by atoms with Crippen molar-refractivity contribution in [3.63, 3.8) is 0 Å². The third-order valence-corrected chi connectivity index (χ3v) is 3.91. The molecule has 2 rings (SSSR count). The molecule has 16 heavy (non-hydrogen) atoms. The van der Waals surface area contributed by atoms with Gasteiger partial charge in [0.1, 0.15) is 5.82 Å². The van der Waals surface area contributed by atoms with E-state index in [0.29, 0.717) is 12.0 Å². The van der Waals surface area contributed by atoms with E-state index in [-0.39, 0.29) is 0 Å². The zero-order chi connectivity index (χ0) is 11.5. The second kappa shape index (κ2) is 5.47. The molecule has 3 nitrogen and oxygen atoms in total. The first kappa shape index (κ1) is 12.3. The lowest BCUT2D eigenvalue weighted by Gasteiger charge is -2.15. The summed E-state index contributed by atoms with van der Waals surface area (Å²) in [6.07, 6.45) is 3.27. The van der Waals surface area contributed by atoms with Crippen molar-refractivity contribution >= 4 is 37.7 Å². The predicted octanol–water partition coefficient (Wildman–Crippen LogP) is 3.44. The molecule has 0 aliphatic carbocycles. The Bertz CT molecular complexity index is 373. The molecule has 0 amide bonds. The van der Waals surface area contributed by atoms with E-state index in [9.17, 15) is 0 Å². The van der Waals surface area contributed by atoms with E-state index in [1.807, 2.05) is 6.07 Å². The van der Waals surface area contributed by atoms with Crippen LogP contribution >= 0.6 is 31.9 Å². The van der Waals surface area contributed by atoms with Crippen molar-refractivity contribution < 1.29 is 4.74 Å². The molecule has 1 aromatic heterocycles. The molecule has 0 spiro atoms. The lowest BCUT2D eigenvalue weighted by Crippen LogP contribution is -2.21. The minimum atomic E-state index is 0.349. The quantitative estimate of drug-likeness (QED) is 0.907. The average Bonchev–Trinajstić information content (AvgIpc) is 2.63. The van der Waals surface area contributed by atoms with Crippen LogP contribution in [0.2, 0.25) is 0 Å². The molecule has 0 aromatic carbocycles. The predicted molar refractivity (Wildman–Crippen MR) is 71.6 cm³/mol. The standard InChI is InChI=1S/C11H14Br2N2O/c1-7-8(2-3-16-7)5-14-11-10(13)4-9(12)6-15-11/h4,6-8H,2-3,5H2,1H3,(H,14,15). The monoisotopic (exact) mass is 348 g/mol. The molecule has 1 aliphatic rings. The maximum atomic E-state index is 5.52. The van der Waals surface area contributed by atoms with Gasteiger partial charge in [0, 0.05) is 29.7 Å². The number of nitrogens with one attached hydrogen (secondary N) is 1. The maximum absolute atomic E-state index is 5.52. The number of ether oxygens (including phenoxy) is 1. The molecule has 1 aliphatic heterocycles. The van der Waals surface area contributed by atoms with Crippen LogP contribution in [0.1, 0.15) is 13.3 Å². The first-order valence-corrected chi connectivity index (χ1v) is 6.92. The highest BCUT2D eigenvalue weighted by Crippen LogP contribution is 2.25. The van der Waals surface area contributed by atoms with E-state index in [0.717, 1.165) is 34.3 Å². The summed E-state index contributed by atoms with van der Waals surface area (Å²) >= 11 is 6.87. The van der Waals surface area contributed by atoms with E-state index < -0.39 is 0 Å². The summed E-state index contributed by atoms with van der Waals surface area (Å²) in [5.74, 6) is 1.47. The second-order valence-electron chi connectivity index (χ2n) is 3.99. The number of anilines is 1. The Labute approximate surface area is 112 Å². The smallest absolute Gasteiger partial charge is 0.140 e. The molecule has 1 aromatic rings. The fourth-order valence-corrected chi connectivity index (χ4v) is 2.94. The molecular weight excluding hydrogens is 336 g/mol. The molecule has 2 heterocycles. The van der Waals surface area contributed by atoms with Crippen LogP contribution in [0, 0.1) is 5.92 Å². The zero-order valence-electron chi connectivity index (χ0n) is 9.04. The van der Waals surface area contributed by atoms with Crippen LogP contribution in [-0.2, 0) is 4.74 Å². The fraction of sp³-hybridized carbons (Fsp3) is 0.545. The fourth-order valence-electron chi connectivity index (χ4n) is 1.82. The van der Waals surface area contributed by atoms with Gasteiger partial charge >= 0.3 is 0 Å². The zero-order valence-corrected chi connectivity index (χ0v) is 12.2. The number of nitrogens with zero attached hydrogens (tertiary/aromatic N) is 1. The first-order valence-electron chi connectivity index (χ1n) is 5.33. The number of rotatable bonds is 3. The van der Waals surface area contributed by atoms with Crippen molar-refractivity contribution in [2.75, 3.05) is 18.5 Å². The molecule has 1 N–H and O–H groups in total. The molecule has 0 radical (unpaired) electrons. The van der Waals surface area contributed by atoms with Crippen LogP contribution in [0.5, 0.6) is 0 Å². The normalized spacial score (nSPS) is 24.7. The van der Waals surface area contributed by atoms with Gasteiger partial charge in [-0.15, -0.1) is 0 Å². The van der Waals surface area contributed by atoms with Crippen molar-refractivity contribution in [1.82, 2.24) is 4.98 Å². The van der Waals surface area contributed by atoms with E-state index in [2.05, 4.69) is 49.1 Å². The van der Waals surface area contributed by atoms with Gasteiger partial charge in [0.25, 0.3) is 0 Å². The Hall–Kier alpha value is -0.130.